The zero-order valence-electron chi connectivity index (χ0n) is 13.9. The van der Waals surface area contributed by atoms with Gasteiger partial charge in [0.05, 0.1) is 11.9 Å². The van der Waals surface area contributed by atoms with Gasteiger partial charge in [-0.25, -0.2) is 8.42 Å². The topological polar surface area (TPSA) is 73.0 Å². The maximum Gasteiger partial charge on any atom is 0.246 e. The molecule has 8 heteroatoms. The van der Waals surface area contributed by atoms with Gasteiger partial charge in [-0.2, -0.15) is 14.5 Å². The van der Waals surface area contributed by atoms with Crippen molar-refractivity contribution in [2.45, 2.75) is 45.2 Å². The van der Waals surface area contributed by atoms with Crippen molar-refractivity contribution in [2.75, 3.05) is 7.05 Å². The van der Waals surface area contributed by atoms with E-state index in [4.69, 9.17) is 0 Å². The monoisotopic (exact) mass is 325 g/mol. The van der Waals surface area contributed by atoms with Gasteiger partial charge in [-0.15, -0.1) is 0 Å². The van der Waals surface area contributed by atoms with E-state index in [1.165, 1.54) is 10.5 Å². The second-order valence-electron chi connectivity index (χ2n) is 5.78. The van der Waals surface area contributed by atoms with Crippen molar-refractivity contribution < 1.29 is 8.42 Å². The van der Waals surface area contributed by atoms with Crippen LogP contribution in [0.3, 0.4) is 0 Å². The molecule has 0 bridgehead atoms. The van der Waals surface area contributed by atoms with E-state index < -0.39 is 10.0 Å². The fourth-order valence-corrected chi connectivity index (χ4v) is 3.35. The molecule has 0 radical (unpaired) electrons. The number of aromatic nitrogens is 4. The summed E-state index contributed by atoms with van der Waals surface area (Å²) in [4.78, 5) is 0.211. The minimum Gasteiger partial charge on any atom is -0.272 e. The Kier molecular flexibility index (Phi) is 4.44. The number of nitrogens with zero attached hydrogens (tertiary/aromatic N) is 5. The summed E-state index contributed by atoms with van der Waals surface area (Å²) in [7, 11) is -0.130. The van der Waals surface area contributed by atoms with Gasteiger partial charge in [-0.3, -0.25) is 9.36 Å². The lowest BCUT2D eigenvalue weighted by Gasteiger charge is -2.16. The summed E-state index contributed by atoms with van der Waals surface area (Å²) in [5.41, 5.74) is 2.75. The van der Waals surface area contributed by atoms with E-state index in [9.17, 15) is 8.42 Å². The lowest BCUT2D eigenvalue weighted by Crippen LogP contribution is -2.26. The third kappa shape index (κ3) is 2.93. The number of hydrogen-bond acceptors (Lipinski definition) is 4. The van der Waals surface area contributed by atoms with Crippen LogP contribution >= 0.6 is 0 Å². The molecule has 2 aromatic rings. The van der Waals surface area contributed by atoms with E-state index >= 15 is 0 Å². The van der Waals surface area contributed by atoms with Gasteiger partial charge >= 0.3 is 0 Å². The lowest BCUT2D eigenvalue weighted by molar-refractivity contribution is 0.464. The smallest absolute Gasteiger partial charge is 0.246 e. The molecule has 0 N–H and O–H groups in total. The molecule has 0 aromatic carbocycles. The van der Waals surface area contributed by atoms with Crippen LogP contribution < -0.4 is 0 Å². The molecule has 22 heavy (non-hydrogen) atoms. The van der Waals surface area contributed by atoms with Crippen LogP contribution in [-0.4, -0.2) is 39.3 Å². The minimum absolute atomic E-state index is 0.122. The van der Waals surface area contributed by atoms with Crippen LogP contribution in [0.4, 0.5) is 0 Å². The molecule has 0 aliphatic rings. The van der Waals surface area contributed by atoms with Crippen LogP contribution in [0.5, 0.6) is 0 Å². The second-order valence-corrected chi connectivity index (χ2v) is 7.83. The molecule has 0 unspecified atom stereocenters. The Morgan fingerprint density at radius 2 is 1.95 bits per heavy atom. The molecule has 0 amide bonds. The second kappa shape index (κ2) is 5.85. The number of sulfonamides is 1. The van der Waals surface area contributed by atoms with Crippen LogP contribution in [0.2, 0.25) is 0 Å². The lowest BCUT2D eigenvalue weighted by atomic mass is 10.2. The average Bonchev–Trinajstić information content (AvgIpc) is 3.01. The van der Waals surface area contributed by atoms with Crippen LogP contribution in [0.25, 0.3) is 0 Å². The van der Waals surface area contributed by atoms with Crippen LogP contribution in [0.1, 0.15) is 36.8 Å². The molecule has 2 heterocycles. The maximum atomic E-state index is 12.6. The molecule has 0 saturated heterocycles. The fourth-order valence-electron chi connectivity index (χ4n) is 2.27. The first-order valence-corrected chi connectivity index (χ1v) is 8.58. The van der Waals surface area contributed by atoms with E-state index in [1.807, 2.05) is 34.7 Å². The zero-order chi connectivity index (χ0) is 16.7. The molecule has 0 atom stereocenters. The Labute approximate surface area is 131 Å². The molecule has 0 saturated carbocycles. The molecule has 0 aliphatic heterocycles. The van der Waals surface area contributed by atoms with Gasteiger partial charge < -0.3 is 0 Å². The molecule has 2 aromatic heterocycles. The van der Waals surface area contributed by atoms with Crippen molar-refractivity contribution in [1.82, 2.24) is 23.9 Å². The molecule has 0 aliphatic carbocycles. The maximum absolute atomic E-state index is 12.6. The first-order valence-electron chi connectivity index (χ1n) is 7.14. The summed E-state index contributed by atoms with van der Waals surface area (Å²) in [6.07, 6.45) is 2.97. The highest BCUT2D eigenvalue weighted by Crippen LogP contribution is 2.20. The van der Waals surface area contributed by atoms with Gasteiger partial charge in [0.15, 0.2) is 0 Å². The van der Waals surface area contributed by atoms with Gasteiger partial charge in [0, 0.05) is 44.1 Å². The Morgan fingerprint density at radius 1 is 1.32 bits per heavy atom. The summed E-state index contributed by atoms with van der Waals surface area (Å²) in [6.45, 7) is 8.03. The fraction of sp³-hybridized carbons (Fsp3) is 0.571. The van der Waals surface area contributed by atoms with E-state index in [-0.39, 0.29) is 10.9 Å². The van der Waals surface area contributed by atoms with Crippen molar-refractivity contribution in [3.05, 3.63) is 29.3 Å². The first-order chi connectivity index (χ1) is 10.1. The zero-order valence-corrected chi connectivity index (χ0v) is 14.7. The molecule has 122 valence electrons. The normalized spacial score (nSPS) is 12.5. The third-order valence-corrected chi connectivity index (χ3v) is 5.61. The van der Waals surface area contributed by atoms with Crippen LogP contribution in [0, 0.1) is 13.8 Å². The largest absolute Gasteiger partial charge is 0.272 e. The third-order valence-electron chi connectivity index (χ3n) is 3.85. The molecule has 2 rings (SSSR count). The Morgan fingerprint density at radius 3 is 2.41 bits per heavy atom. The Bertz CT molecular complexity index is 773. The summed E-state index contributed by atoms with van der Waals surface area (Å²) in [5.74, 6) is 0. The molecule has 7 nitrogen and oxygen atoms in total. The van der Waals surface area contributed by atoms with Crippen molar-refractivity contribution in [3.8, 4) is 0 Å². The van der Waals surface area contributed by atoms with Gasteiger partial charge in [0.2, 0.25) is 10.0 Å². The summed E-state index contributed by atoms with van der Waals surface area (Å²) in [5, 5.41) is 8.43. The highest BCUT2D eigenvalue weighted by atomic mass is 32.2. The highest BCUT2D eigenvalue weighted by Gasteiger charge is 2.25. The minimum atomic E-state index is -3.56. The molecule has 0 fully saturated rings. The van der Waals surface area contributed by atoms with Crippen molar-refractivity contribution >= 4 is 10.0 Å². The molecule has 0 spiro atoms. The number of aryl methyl sites for hydroxylation is 2. The summed E-state index contributed by atoms with van der Waals surface area (Å²) in [6, 6.07) is 0.122. The van der Waals surface area contributed by atoms with Gasteiger partial charge in [0.25, 0.3) is 0 Å². The van der Waals surface area contributed by atoms with Crippen molar-refractivity contribution in [3.63, 3.8) is 0 Å². The standard InChI is InChI=1S/C14H23N5O2S/c1-10(2)19-8-13(7-15-19)22(20,21)17(5)9-14-11(3)16-18(6)12(14)4/h7-8,10H,9H2,1-6H3. The van der Waals surface area contributed by atoms with Crippen LogP contribution in [-0.2, 0) is 23.6 Å². The van der Waals surface area contributed by atoms with E-state index in [1.54, 1.807) is 22.6 Å². The average molecular weight is 325 g/mol. The van der Waals surface area contributed by atoms with E-state index in [0.29, 0.717) is 6.54 Å². The molecular formula is C14H23N5O2S. The first kappa shape index (κ1) is 16.7. The predicted octanol–water partition coefficient (Wildman–Crippen LogP) is 1.64. The highest BCUT2D eigenvalue weighted by molar-refractivity contribution is 7.89. The van der Waals surface area contributed by atoms with Gasteiger partial charge in [0.1, 0.15) is 4.90 Å². The van der Waals surface area contributed by atoms with Gasteiger partial charge in [-0.1, -0.05) is 0 Å². The summed E-state index contributed by atoms with van der Waals surface area (Å²) >= 11 is 0. The van der Waals surface area contributed by atoms with Gasteiger partial charge in [-0.05, 0) is 27.7 Å². The van der Waals surface area contributed by atoms with Crippen molar-refractivity contribution in [2.24, 2.45) is 7.05 Å². The Hall–Kier alpha value is -1.67. The van der Waals surface area contributed by atoms with E-state index in [0.717, 1.165) is 17.0 Å². The molecular weight excluding hydrogens is 302 g/mol. The SMILES string of the molecule is Cc1nn(C)c(C)c1CN(C)S(=O)(=O)c1cnn(C(C)C)c1. The van der Waals surface area contributed by atoms with Crippen LogP contribution in [0.15, 0.2) is 17.3 Å². The quantitative estimate of drug-likeness (QED) is 0.837. The summed E-state index contributed by atoms with van der Waals surface area (Å²) < 4.78 is 30.0. The number of rotatable bonds is 5. The predicted molar refractivity (Wildman–Crippen MR) is 83.9 cm³/mol. The van der Waals surface area contributed by atoms with Crippen molar-refractivity contribution in [1.29, 1.82) is 0 Å². The number of hydrogen-bond donors (Lipinski definition) is 0. The Balaban J connectivity index is 2.28. The van der Waals surface area contributed by atoms with E-state index in [2.05, 4.69) is 10.2 Å².